The van der Waals surface area contributed by atoms with Gasteiger partial charge in [0.15, 0.2) is 5.78 Å². The van der Waals surface area contributed by atoms with Crippen molar-refractivity contribution in [3.05, 3.63) is 107 Å². The maximum absolute atomic E-state index is 13.0. The SMILES string of the molecule is O=C(CC(c1ccccc1)C1C(=O)CCc2ccccc21)c1ccccc1. The number of benzene rings is 3. The van der Waals surface area contributed by atoms with E-state index >= 15 is 0 Å². The Bertz CT molecular complexity index is 944. The van der Waals surface area contributed by atoms with Crippen molar-refractivity contribution in [2.75, 3.05) is 0 Å². The van der Waals surface area contributed by atoms with Crippen LogP contribution in [0.15, 0.2) is 84.9 Å². The van der Waals surface area contributed by atoms with Crippen LogP contribution in [0.5, 0.6) is 0 Å². The highest BCUT2D eigenvalue weighted by Gasteiger charge is 2.36. The minimum atomic E-state index is -0.259. The fourth-order valence-electron chi connectivity index (χ4n) is 4.16. The largest absolute Gasteiger partial charge is 0.299 e. The first-order chi connectivity index (χ1) is 13.2. The molecule has 4 rings (SSSR count). The number of aryl methyl sites for hydroxylation is 1. The van der Waals surface area contributed by atoms with Crippen molar-refractivity contribution in [2.24, 2.45) is 0 Å². The van der Waals surface area contributed by atoms with Gasteiger partial charge >= 0.3 is 0 Å². The van der Waals surface area contributed by atoms with E-state index in [0.717, 1.165) is 17.5 Å². The van der Waals surface area contributed by atoms with E-state index in [1.54, 1.807) is 0 Å². The second-order valence-electron chi connectivity index (χ2n) is 7.15. The summed E-state index contributed by atoms with van der Waals surface area (Å²) >= 11 is 0. The Kier molecular flexibility index (Phi) is 4.97. The minimum Gasteiger partial charge on any atom is -0.299 e. The molecule has 134 valence electrons. The summed E-state index contributed by atoms with van der Waals surface area (Å²) in [6.07, 6.45) is 1.67. The maximum Gasteiger partial charge on any atom is 0.163 e. The van der Waals surface area contributed by atoms with Gasteiger partial charge in [-0.15, -0.1) is 0 Å². The molecular formula is C25H22O2. The fraction of sp³-hybridized carbons (Fsp3) is 0.200. The molecule has 0 radical (unpaired) electrons. The Morgan fingerprint density at radius 1 is 0.815 bits per heavy atom. The highest BCUT2D eigenvalue weighted by Crippen LogP contribution is 2.42. The molecule has 27 heavy (non-hydrogen) atoms. The molecule has 0 saturated heterocycles. The van der Waals surface area contributed by atoms with Crippen LogP contribution in [-0.2, 0) is 11.2 Å². The molecule has 3 aromatic rings. The molecule has 2 atom stereocenters. The fourth-order valence-corrected chi connectivity index (χ4v) is 4.16. The zero-order valence-electron chi connectivity index (χ0n) is 15.2. The number of Topliss-reactive ketones (excluding diaryl/α,β-unsaturated/α-hetero) is 2. The summed E-state index contributed by atoms with van der Waals surface area (Å²) in [5.74, 6) is -0.0819. The molecule has 0 aromatic heterocycles. The molecular weight excluding hydrogens is 332 g/mol. The van der Waals surface area contributed by atoms with Crippen LogP contribution in [0.1, 0.15) is 51.7 Å². The molecule has 0 aliphatic heterocycles. The third-order valence-electron chi connectivity index (χ3n) is 5.51. The van der Waals surface area contributed by atoms with E-state index in [-0.39, 0.29) is 23.4 Å². The van der Waals surface area contributed by atoms with Crippen LogP contribution in [0.2, 0.25) is 0 Å². The van der Waals surface area contributed by atoms with E-state index in [9.17, 15) is 9.59 Å². The first-order valence-electron chi connectivity index (χ1n) is 9.48. The van der Waals surface area contributed by atoms with Crippen LogP contribution in [0, 0.1) is 0 Å². The number of carbonyl (C=O) groups is 2. The van der Waals surface area contributed by atoms with Gasteiger partial charge in [0.25, 0.3) is 0 Å². The highest BCUT2D eigenvalue weighted by atomic mass is 16.1. The topological polar surface area (TPSA) is 34.1 Å². The third-order valence-corrected chi connectivity index (χ3v) is 5.51. The van der Waals surface area contributed by atoms with Gasteiger partial charge in [-0.05, 0) is 23.1 Å². The number of hydrogen-bond acceptors (Lipinski definition) is 2. The van der Waals surface area contributed by atoms with Crippen molar-refractivity contribution in [1.29, 1.82) is 0 Å². The summed E-state index contributed by atoms with van der Waals surface area (Å²) in [5.41, 5.74) is 4.07. The number of fused-ring (bicyclic) bond motifs is 1. The van der Waals surface area contributed by atoms with Crippen molar-refractivity contribution in [2.45, 2.75) is 31.1 Å². The zero-order valence-corrected chi connectivity index (χ0v) is 15.2. The summed E-state index contributed by atoms with van der Waals surface area (Å²) in [5, 5.41) is 0. The van der Waals surface area contributed by atoms with Crippen LogP contribution in [0.25, 0.3) is 0 Å². The molecule has 0 saturated carbocycles. The molecule has 2 unspecified atom stereocenters. The van der Waals surface area contributed by atoms with Crippen molar-refractivity contribution < 1.29 is 9.59 Å². The summed E-state index contributed by atoms with van der Waals surface area (Å²) in [4.78, 5) is 26.0. The van der Waals surface area contributed by atoms with E-state index < -0.39 is 0 Å². The summed E-state index contributed by atoms with van der Waals surface area (Å²) in [6.45, 7) is 0. The average molecular weight is 354 g/mol. The van der Waals surface area contributed by atoms with Crippen molar-refractivity contribution >= 4 is 11.6 Å². The summed E-state index contributed by atoms with van der Waals surface area (Å²) in [6, 6.07) is 27.5. The normalized spacial score (nSPS) is 17.2. The molecule has 1 aliphatic carbocycles. The van der Waals surface area contributed by atoms with Gasteiger partial charge < -0.3 is 0 Å². The second-order valence-corrected chi connectivity index (χ2v) is 7.15. The van der Waals surface area contributed by atoms with Gasteiger partial charge in [-0.2, -0.15) is 0 Å². The number of hydrogen-bond donors (Lipinski definition) is 0. The maximum atomic E-state index is 13.0. The first kappa shape index (κ1) is 17.4. The lowest BCUT2D eigenvalue weighted by atomic mass is 9.70. The number of carbonyl (C=O) groups excluding carboxylic acids is 2. The quantitative estimate of drug-likeness (QED) is 0.579. The van der Waals surface area contributed by atoms with Gasteiger partial charge in [0.1, 0.15) is 5.78 Å². The van der Waals surface area contributed by atoms with Crippen LogP contribution in [0.4, 0.5) is 0 Å². The van der Waals surface area contributed by atoms with E-state index in [1.165, 1.54) is 5.56 Å². The van der Waals surface area contributed by atoms with Crippen LogP contribution in [0.3, 0.4) is 0 Å². The van der Waals surface area contributed by atoms with Crippen LogP contribution in [-0.4, -0.2) is 11.6 Å². The van der Waals surface area contributed by atoms with Crippen LogP contribution >= 0.6 is 0 Å². The molecule has 1 aliphatic rings. The molecule has 0 amide bonds. The van der Waals surface area contributed by atoms with Crippen molar-refractivity contribution in [3.8, 4) is 0 Å². The third kappa shape index (κ3) is 3.61. The standard InChI is InChI=1S/C25H22O2/c26-23-16-15-19-11-7-8-14-21(19)25(23)22(18-9-3-1-4-10-18)17-24(27)20-12-5-2-6-13-20/h1-14,22,25H,15-17H2. The predicted molar refractivity (Wildman–Crippen MR) is 107 cm³/mol. The smallest absolute Gasteiger partial charge is 0.163 e. The Labute approximate surface area is 159 Å². The molecule has 2 nitrogen and oxygen atoms in total. The summed E-state index contributed by atoms with van der Waals surface area (Å²) < 4.78 is 0. The van der Waals surface area contributed by atoms with E-state index in [1.807, 2.05) is 72.8 Å². The van der Waals surface area contributed by atoms with E-state index in [4.69, 9.17) is 0 Å². The highest BCUT2D eigenvalue weighted by molar-refractivity contribution is 5.98. The molecule has 0 spiro atoms. The monoisotopic (exact) mass is 354 g/mol. The lowest BCUT2D eigenvalue weighted by Crippen LogP contribution is -2.27. The molecule has 0 bridgehead atoms. The van der Waals surface area contributed by atoms with Gasteiger partial charge in [-0.3, -0.25) is 9.59 Å². The zero-order chi connectivity index (χ0) is 18.6. The molecule has 3 aromatic carbocycles. The lowest BCUT2D eigenvalue weighted by Gasteiger charge is -2.31. The Morgan fingerprint density at radius 2 is 1.44 bits per heavy atom. The van der Waals surface area contributed by atoms with Gasteiger partial charge in [0.2, 0.25) is 0 Å². The van der Waals surface area contributed by atoms with Gasteiger partial charge in [0, 0.05) is 24.3 Å². The van der Waals surface area contributed by atoms with E-state index in [0.29, 0.717) is 18.4 Å². The number of rotatable bonds is 5. The summed E-state index contributed by atoms with van der Waals surface area (Å²) in [7, 11) is 0. The van der Waals surface area contributed by atoms with Crippen LogP contribution < -0.4 is 0 Å². The Balaban J connectivity index is 1.75. The molecule has 0 heterocycles. The first-order valence-corrected chi connectivity index (χ1v) is 9.48. The molecule has 2 heteroatoms. The minimum absolute atomic E-state index is 0.0836. The van der Waals surface area contributed by atoms with Crippen molar-refractivity contribution in [3.63, 3.8) is 0 Å². The van der Waals surface area contributed by atoms with E-state index in [2.05, 4.69) is 12.1 Å². The average Bonchev–Trinajstić information content (AvgIpc) is 2.73. The Hall–Kier alpha value is -3.00. The van der Waals surface area contributed by atoms with Gasteiger partial charge in [-0.1, -0.05) is 84.9 Å². The molecule has 0 fully saturated rings. The number of ketones is 2. The predicted octanol–water partition coefficient (Wildman–Crippen LogP) is 5.34. The Morgan fingerprint density at radius 3 is 2.19 bits per heavy atom. The van der Waals surface area contributed by atoms with Crippen molar-refractivity contribution in [1.82, 2.24) is 0 Å². The lowest BCUT2D eigenvalue weighted by molar-refractivity contribution is -0.121. The van der Waals surface area contributed by atoms with Gasteiger partial charge in [-0.25, -0.2) is 0 Å². The second kappa shape index (κ2) is 7.71. The molecule has 0 N–H and O–H groups in total. The van der Waals surface area contributed by atoms with Gasteiger partial charge in [0.05, 0.1) is 5.92 Å².